The number of hydrogen-bond acceptors (Lipinski definition) is 7. The SMILES string of the molecule is CSc1nc2ccc(NC(=O)Cc3ccc(NS(=O)(=O)c4cccs4)cc3)cc2s1. The smallest absolute Gasteiger partial charge is 0.271 e. The van der Waals surface area contributed by atoms with Gasteiger partial charge in [0.05, 0.1) is 16.6 Å². The van der Waals surface area contributed by atoms with Gasteiger partial charge in [-0.2, -0.15) is 0 Å². The first kappa shape index (κ1) is 20.9. The Kier molecular flexibility index (Phi) is 6.09. The van der Waals surface area contributed by atoms with Gasteiger partial charge in [-0.15, -0.1) is 22.7 Å². The number of thioether (sulfide) groups is 1. The summed E-state index contributed by atoms with van der Waals surface area (Å²) in [6, 6.07) is 15.7. The van der Waals surface area contributed by atoms with E-state index >= 15 is 0 Å². The Morgan fingerprint density at radius 1 is 1.10 bits per heavy atom. The molecule has 0 saturated carbocycles. The maximum Gasteiger partial charge on any atom is 0.271 e. The van der Waals surface area contributed by atoms with E-state index in [9.17, 15) is 13.2 Å². The van der Waals surface area contributed by atoms with Crippen molar-refractivity contribution in [3.05, 3.63) is 65.5 Å². The topological polar surface area (TPSA) is 88.2 Å². The summed E-state index contributed by atoms with van der Waals surface area (Å²) in [6.07, 6.45) is 2.17. The highest BCUT2D eigenvalue weighted by molar-refractivity contribution is 8.00. The first-order valence-corrected chi connectivity index (χ1v) is 13.2. The van der Waals surface area contributed by atoms with Crippen LogP contribution in [0.5, 0.6) is 0 Å². The van der Waals surface area contributed by atoms with E-state index in [4.69, 9.17) is 0 Å². The van der Waals surface area contributed by atoms with Gasteiger partial charge in [-0.25, -0.2) is 13.4 Å². The number of aromatic nitrogens is 1. The van der Waals surface area contributed by atoms with Crippen LogP contribution >= 0.6 is 34.4 Å². The van der Waals surface area contributed by atoms with Crippen LogP contribution in [0.1, 0.15) is 5.56 Å². The molecule has 0 aliphatic heterocycles. The number of anilines is 2. The fourth-order valence-electron chi connectivity index (χ4n) is 2.77. The molecule has 0 unspecified atom stereocenters. The molecule has 10 heteroatoms. The van der Waals surface area contributed by atoms with Gasteiger partial charge >= 0.3 is 0 Å². The lowest BCUT2D eigenvalue weighted by Crippen LogP contribution is -2.14. The number of fused-ring (bicyclic) bond motifs is 1. The summed E-state index contributed by atoms with van der Waals surface area (Å²) in [5.41, 5.74) is 2.88. The van der Waals surface area contributed by atoms with Crippen LogP contribution in [0.4, 0.5) is 11.4 Å². The van der Waals surface area contributed by atoms with Crippen LogP contribution < -0.4 is 10.0 Å². The number of carbonyl (C=O) groups is 1. The normalized spacial score (nSPS) is 11.5. The minimum Gasteiger partial charge on any atom is -0.326 e. The van der Waals surface area contributed by atoms with Crippen LogP contribution in [-0.2, 0) is 21.2 Å². The van der Waals surface area contributed by atoms with E-state index < -0.39 is 10.0 Å². The maximum atomic E-state index is 12.4. The molecule has 0 saturated heterocycles. The molecule has 2 aromatic heterocycles. The predicted octanol–water partition coefficient (Wildman–Crippen LogP) is 5.06. The zero-order valence-electron chi connectivity index (χ0n) is 15.8. The minimum absolute atomic E-state index is 0.143. The van der Waals surface area contributed by atoms with E-state index in [0.29, 0.717) is 5.69 Å². The predicted molar refractivity (Wildman–Crippen MR) is 125 cm³/mol. The van der Waals surface area contributed by atoms with Crippen LogP contribution in [-0.4, -0.2) is 25.6 Å². The molecule has 0 aliphatic carbocycles. The lowest BCUT2D eigenvalue weighted by Gasteiger charge is -2.08. The monoisotopic (exact) mass is 475 g/mol. The van der Waals surface area contributed by atoms with E-state index in [1.165, 1.54) is 0 Å². The molecule has 2 heterocycles. The molecular weight excluding hydrogens is 459 g/mol. The number of hydrogen-bond donors (Lipinski definition) is 2. The van der Waals surface area contributed by atoms with E-state index in [-0.39, 0.29) is 16.5 Å². The number of nitrogens with zero attached hydrogens (tertiary/aromatic N) is 1. The Morgan fingerprint density at radius 2 is 1.87 bits per heavy atom. The lowest BCUT2D eigenvalue weighted by atomic mass is 10.1. The highest BCUT2D eigenvalue weighted by Crippen LogP contribution is 2.30. The molecule has 0 aliphatic rings. The van der Waals surface area contributed by atoms with Crippen molar-refractivity contribution >= 4 is 72.0 Å². The third-order valence-electron chi connectivity index (χ3n) is 4.16. The van der Waals surface area contributed by atoms with Crippen molar-refractivity contribution in [3.8, 4) is 0 Å². The van der Waals surface area contributed by atoms with Crippen LogP contribution in [0.15, 0.2) is 68.5 Å². The second kappa shape index (κ2) is 8.76. The Labute approximate surface area is 186 Å². The van der Waals surface area contributed by atoms with Gasteiger partial charge < -0.3 is 5.32 Å². The van der Waals surface area contributed by atoms with Crippen molar-refractivity contribution in [3.63, 3.8) is 0 Å². The number of thiophene rings is 1. The zero-order valence-corrected chi connectivity index (χ0v) is 19.1. The van der Waals surface area contributed by atoms with Crippen LogP contribution in [0.25, 0.3) is 10.2 Å². The highest BCUT2D eigenvalue weighted by Gasteiger charge is 2.15. The molecule has 30 heavy (non-hydrogen) atoms. The molecule has 1 amide bonds. The van der Waals surface area contributed by atoms with Gasteiger partial charge in [-0.05, 0) is 53.6 Å². The van der Waals surface area contributed by atoms with Crippen molar-refractivity contribution in [2.24, 2.45) is 0 Å². The minimum atomic E-state index is -3.58. The van der Waals surface area contributed by atoms with Gasteiger partial charge in [0.2, 0.25) is 5.91 Å². The number of nitrogens with one attached hydrogen (secondary N) is 2. The average Bonchev–Trinajstić information content (AvgIpc) is 3.39. The third-order valence-corrected chi connectivity index (χ3v) is 8.94. The molecule has 0 atom stereocenters. The van der Waals surface area contributed by atoms with Gasteiger partial charge in [0.1, 0.15) is 4.21 Å². The van der Waals surface area contributed by atoms with Crippen molar-refractivity contribution in [1.29, 1.82) is 0 Å². The number of rotatable bonds is 7. The lowest BCUT2D eigenvalue weighted by molar-refractivity contribution is -0.115. The second-order valence-corrected chi connectivity index (χ2v) is 11.3. The average molecular weight is 476 g/mol. The van der Waals surface area contributed by atoms with Gasteiger partial charge in [0.25, 0.3) is 10.0 Å². The van der Waals surface area contributed by atoms with Crippen LogP contribution in [0.2, 0.25) is 0 Å². The Bertz CT molecular complexity index is 1280. The molecule has 154 valence electrons. The molecule has 0 fully saturated rings. The third kappa shape index (κ3) is 4.84. The van der Waals surface area contributed by atoms with E-state index in [1.54, 1.807) is 64.9 Å². The van der Waals surface area contributed by atoms with Gasteiger partial charge in [-0.1, -0.05) is 30.0 Å². The highest BCUT2D eigenvalue weighted by atomic mass is 32.2. The summed E-state index contributed by atoms with van der Waals surface area (Å²) < 4.78 is 29.4. The van der Waals surface area contributed by atoms with E-state index in [1.807, 2.05) is 24.5 Å². The summed E-state index contributed by atoms with van der Waals surface area (Å²) in [5.74, 6) is -0.143. The van der Waals surface area contributed by atoms with Crippen molar-refractivity contribution in [2.75, 3.05) is 16.3 Å². The standard InChI is InChI=1S/C20H17N3O3S4/c1-27-20-22-16-9-8-15(12-17(16)29-20)21-18(24)11-13-4-6-14(7-5-13)23-30(25,26)19-3-2-10-28-19/h2-10,12,23H,11H2,1H3,(H,21,24). The van der Waals surface area contributed by atoms with Gasteiger partial charge in [0, 0.05) is 11.4 Å². The summed E-state index contributed by atoms with van der Waals surface area (Å²) in [4.78, 5) is 16.9. The molecule has 6 nitrogen and oxygen atoms in total. The van der Waals surface area contributed by atoms with Crippen molar-refractivity contribution in [1.82, 2.24) is 4.98 Å². The molecule has 2 aromatic carbocycles. The summed E-state index contributed by atoms with van der Waals surface area (Å²) in [6.45, 7) is 0. The Morgan fingerprint density at radius 3 is 2.57 bits per heavy atom. The molecule has 0 bridgehead atoms. The van der Waals surface area contributed by atoms with Crippen LogP contribution in [0, 0.1) is 0 Å². The molecule has 0 radical (unpaired) electrons. The number of carbonyl (C=O) groups excluding carboxylic acids is 1. The quantitative estimate of drug-likeness (QED) is 0.365. The van der Waals surface area contributed by atoms with E-state index in [0.717, 1.165) is 37.1 Å². The molecule has 4 aromatic rings. The Hall–Kier alpha value is -2.40. The summed E-state index contributed by atoms with van der Waals surface area (Å²) in [7, 11) is -3.58. The number of sulfonamides is 1. The fraction of sp³-hybridized carbons (Fsp3) is 0.100. The van der Waals surface area contributed by atoms with Gasteiger partial charge in [-0.3, -0.25) is 9.52 Å². The molecular formula is C20H17N3O3S4. The molecule has 0 spiro atoms. The largest absolute Gasteiger partial charge is 0.326 e. The van der Waals surface area contributed by atoms with Crippen molar-refractivity contribution in [2.45, 2.75) is 15.0 Å². The first-order valence-electron chi connectivity index (χ1n) is 8.83. The fourth-order valence-corrected chi connectivity index (χ4v) is 6.35. The number of benzene rings is 2. The molecule has 2 N–H and O–H groups in total. The van der Waals surface area contributed by atoms with Crippen molar-refractivity contribution < 1.29 is 13.2 Å². The van der Waals surface area contributed by atoms with Crippen LogP contribution in [0.3, 0.4) is 0 Å². The second-order valence-electron chi connectivity index (χ2n) is 6.33. The number of amides is 1. The first-order chi connectivity index (χ1) is 14.4. The number of thiazole rings is 1. The Balaban J connectivity index is 1.39. The van der Waals surface area contributed by atoms with Gasteiger partial charge in [0.15, 0.2) is 4.34 Å². The zero-order chi connectivity index (χ0) is 21.1. The van der Waals surface area contributed by atoms with E-state index in [2.05, 4.69) is 15.0 Å². The molecule has 4 rings (SSSR count). The summed E-state index contributed by atoms with van der Waals surface area (Å²) >= 11 is 4.35. The maximum absolute atomic E-state index is 12.4. The summed E-state index contributed by atoms with van der Waals surface area (Å²) in [5, 5.41) is 4.62.